The molecule has 0 amide bonds. The Bertz CT molecular complexity index is 541. The van der Waals surface area contributed by atoms with Gasteiger partial charge in [-0.2, -0.15) is 0 Å². The smallest absolute Gasteiger partial charge is 0.356 e. The quantitative estimate of drug-likeness (QED) is 0.809. The third kappa shape index (κ3) is 1.21. The van der Waals surface area contributed by atoms with Gasteiger partial charge in [-0.25, -0.2) is 9.78 Å². The van der Waals surface area contributed by atoms with Crippen LogP contribution in [-0.4, -0.2) is 20.5 Å². The third-order valence-corrected chi connectivity index (χ3v) is 2.73. The zero-order valence-corrected chi connectivity index (χ0v) is 8.05. The lowest BCUT2D eigenvalue weighted by Gasteiger charge is -1.99. The standard InChI is InChI=1S/C11H10N2O2/c14-11(15)9-10(7-4-5-7)13-6-2-1-3-8(13)12-9/h1-3,6-7H,4-5H2,(H,14,15). The van der Waals surface area contributed by atoms with Crippen molar-refractivity contribution >= 4 is 11.6 Å². The van der Waals surface area contributed by atoms with E-state index < -0.39 is 5.97 Å². The van der Waals surface area contributed by atoms with Crippen LogP contribution in [-0.2, 0) is 0 Å². The van der Waals surface area contributed by atoms with Crippen molar-refractivity contribution in [3.05, 3.63) is 35.8 Å². The molecule has 2 heterocycles. The van der Waals surface area contributed by atoms with Crippen LogP contribution in [0.4, 0.5) is 0 Å². The highest BCUT2D eigenvalue weighted by Crippen LogP contribution is 2.41. The number of hydrogen-bond acceptors (Lipinski definition) is 2. The van der Waals surface area contributed by atoms with Crippen molar-refractivity contribution in [2.75, 3.05) is 0 Å². The number of aromatic nitrogens is 2. The van der Waals surface area contributed by atoms with E-state index in [4.69, 9.17) is 5.11 Å². The third-order valence-electron chi connectivity index (χ3n) is 2.73. The number of hydrogen-bond donors (Lipinski definition) is 1. The fraction of sp³-hybridized carbons (Fsp3) is 0.273. The molecule has 3 rings (SSSR count). The molecule has 4 nitrogen and oxygen atoms in total. The minimum Gasteiger partial charge on any atom is -0.476 e. The summed E-state index contributed by atoms with van der Waals surface area (Å²) in [7, 11) is 0. The molecule has 4 heteroatoms. The molecule has 0 bridgehead atoms. The summed E-state index contributed by atoms with van der Waals surface area (Å²) in [5.41, 5.74) is 1.79. The van der Waals surface area contributed by atoms with E-state index in [1.807, 2.05) is 28.8 Å². The van der Waals surface area contributed by atoms with Crippen molar-refractivity contribution in [2.24, 2.45) is 0 Å². The van der Waals surface area contributed by atoms with Crippen molar-refractivity contribution in [2.45, 2.75) is 18.8 Å². The van der Waals surface area contributed by atoms with Gasteiger partial charge in [0.2, 0.25) is 0 Å². The molecule has 0 unspecified atom stereocenters. The second kappa shape index (κ2) is 2.82. The highest BCUT2D eigenvalue weighted by atomic mass is 16.4. The number of imidazole rings is 1. The fourth-order valence-electron chi connectivity index (χ4n) is 1.92. The SMILES string of the molecule is O=C(O)c1nc2ccccn2c1C1CC1. The van der Waals surface area contributed by atoms with Crippen LogP contribution in [0.2, 0.25) is 0 Å². The molecule has 0 atom stereocenters. The van der Waals surface area contributed by atoms with Gasteiger partial charge in [0.1, 0.15) is 5.65 Å². The van der Waals surface area contributed by atoms with Gasteiger partial charge in [0.05, 0.1) is 5.69 Å². The second-order valence-corrected chi connectivity index (χ2v) is 3.85. The van der Waals surface area contributed by atoms with E-state index in [-0.39, 0.29) is 5.69 Å². The van der Waals surface area contributed by atoms with Crippen molar-refractivity contribution < 1.29 is 9.90 Å². The maximum Gasteiger partial charge on any atom is 0.356 e. The average molecular weight is 202 g/mol. The molecule has 0 aromatic carbocycles. The molecule has 1 N–H and O–H groups in total. The summed E-state index contributed by atoms with van der Waals surface area (Å²) >= 11 is 0. The molecule has 1 fully saturated rings. The van der Waals surface area contributed by atoms with Gasteiger partial charge in [0.15, 0.2) is 5.69 Å². The lowest BCUT2D eigenvalue weighted by molar-refractivity contribution is 0.0690. The number of carboxylic acids is 1. The molecule has 2 aromatic rings. The van der Waals surface area contributed by atoms with E-state index in [1.54, 1.807) is 0 Å². The van der Waals surface area contributed by atoms with Crippen LogP contribution >= 0.6 is 0 Å². The number of carboxylic acid groups (broad SMARTS) is 1. The van der Waals surface area contributed by atoms with E-state index in [1.165, 1.54) is 0 Å². The molecule has 0 saturated heterocycles. The zero-order valence-electron chi connectivity index (χ0n) is 8.05. The molecular formula is C11H10N2O2. The Labute approximate surface area is 86.2 Å². The lowest BCUT2D eigenvalue weighted by Crippen LogP contribution is -2.02. The highest BCUT2D eigenvalue weighted by Gasteiger charge is 2.32. The predicted octanol–water partition coefficient (Wildman–Crippen LogP) is 1.91. The first kappa shape index (κ1) is 8.47. The molecule has 0 spiro atoms. The first-order valence-electron chi connectivity index (χ1n) is 4.97. The van der Waals surface area contributed by atoms with Crippen LogP contribution < -0.4 is 0 Å². The number of carbonyl (C=O) groups is 1. The molecule has 2 aromatic heterocycles. The number of fused-ring (bicyclic) bond motifs is 1. The van der Waals surface area contributed by atoms with Gasteiger partial charge in [0.25, 0.3) is 0 Å². The van der Waals surface area contributed by atoms with Gasteiger partial charge in [-0.1, -0.05) is 6.07 Å². The van der Waals surface area contributed by atoms with Crippen molar-refractivity contribution in [3.63, 3.8) is 0 Å². The van der Waals surface area contributed by atoms with Gasteiger partial charge in [-0.3, -0.25) is 0 Å². The number of nitrogens with zero attached hydrogens (tertiary/aromatic N) is 2. The van der Waals surface area contributed by atoms with Crippen molar-refractivity contribution in [1.29, 1.82) is 0 Å². The average Bonchev–Trinajstić information content (AvgIpc) is 2.98. The largest absolute Gasteiger partial charge is 0.476 e. The summed E-state index contributed by atoms with van der Waals surface area (Å²) in [6, 6.07) is 5.59. The van der Waals surface area contributed by atoms with Crippen LogP contribution in [0.3, 0.4) is 0 Å². The predicted molar refractivity (Wildman–Crippen MR) is 54.1 cm³/mol. The normalized spacial score (nSPS) is 15.7. The molecule has 0 radical (unpaired) electrons. The van der Waals surface area contributed by atoms with Crippen LogP contribution in [0.5, 0.6) is 0 Å². The van der Waals surface area contributed by atoms with E-state index in [0.717, 1.165) is 24.2 Å². The molecule has 15 heavy (non-hydrogen) atoms. The first-order valence-corrected chi connectivity index (χ1v) is 4.97. The van der Waals surface area contributed by atoms with E-state index in [9.17, 15) is 4.79 Å². The monoisotopic (exact) mass is 202 g/mol. The van der Waals surface area contributed by atoms with Crippen LogP contribution in [0.1, 0.15) is 34.9 Å². The lowest BCUT2D eigenvalue weighted by atomic mass is 10.2. The Morgan fingerprint density at radius 2 is 2.27 bits per heavy atom. The summed E-state index contributed by atoms with van der Waals surface area (Å²) in [6.45, 7) is 0. The fourth-order valence-corrected chi connectivity index (χ4v) is 1.92. The Hall–Kier alpha value is -1.84. The Kier molecular flexibility index (Phi) is 1.59. The zero-order chi connectivity index (χ0) is 10.4. The maximum atomic E-state index is 11.0. The molecule has 76 valence electrons. The minimum atomic E-state index is -0.930. The Morgan fingerprint density at radius 3 is 2.93 bits per heavy atom. The van der Waals surface area contributed by atoms with Gasteiger partial charge in [-0.15, -0.1) is 0 Å². The molecule has 1 saturated carbocycles. The summed E-state index contributed by atoms with van der Waals surface area (Å²) in [6.07, 6.45) is 4.02. The van der Waals surface area contributed by atoms with Crippen LogP contribution in [0.15, 0.2) is 24.4 Å². The van der Waals surface area contributed by atoms with Crippen LogP contribution in [0.25, 0.3) is 5.65 Å². The molecule has 1 aliphatic carbocycles. The number of pyridine rings is 1. The molecular weight excluding hydrogens is 192 g/mol. The van der Waals surface area contributed by atoms with Crippen molar-refractivity contribution in [1.82, 2.24) is 9.38 Å². The summed E-state index contributed by atoms with van der Waals surface area (Å²) in [5.74, 6) is -0.547. The summed E-state index contributed by atoms with van der Waals surface area (Å²) < 4.78 is 1.89. The van der Waals surface area contributed by atoms with E-state index in [0.29, 0.717) is 5.92 Å². The highest BCUT2D eigenvalue weighted by molar-refractivity contribution is 5.88. The second-order valence-electron chi connectivity index (χ2n) is 3.85. The maximum absolute atomic E-state index is 11.0. The number of aromatic carboxylic acids is 1. The Morgan fingerprint density at radius 1 is 1.47 bits per heavy atom. The van der Waals surface area contributed by atoms with Gasteiger partial charge in [-0.05, 0) is 25.0 Å². The summed E-state index contributed by atoms with van der Waals surface area (Å²) in [5, 5.41) is 9.07. The van der Waals surface area contributed by atoms with E-state index >= 15 is 0 Å². The van der Waals surface area contributed by atoms with Crippen LogP contribution in [0, 0.1) is 0 Å². The molecule has 0 aliphatic heterocycles. The first-order chi connectivity index (χ1) is 7.27. The minimum absolute atomic E-state index is 0.212. The van der Waals surface area contributed by atoms with Gasteiger partial charge < -0.3 is 9.51 Å². The Balaban J connectivity index is 2.33. The van der Waals surface area contributed by atoms with Crippen molar-refractivity contribution in [3.8, 4) is 0 Å². The van der Waals surface area contributed by atoms with Gasteiger partial charge >= 0.3 is 5.97 Å². The number of rotatable bonds is 2. The topological polar surface area (TPSA) is 54.6 Å². The molecule has 1 aliphatic rings. The van der Waals surface area contributed by atoms with E-state index in [2.05, 4.69) is 4.98 Å². The summed E-state index contributed by atoms with van der Waals surface area (Å²) in [4.78, 5) is 15.2. The van der Waals surface area contributed by atoms with Gasteiger partial charge in [0, 0.05) is 12.1 Å².